The second-order valence-electron chi connectivity index (χ2n) is 7.77. The maximum atomic E-state index is 12.6. The van der Waals surface area contributed by atoms with Crippen LogP contribution in [0.15, 0.2) is 64.9 Å². The molecule has 1 aliphatic heterocycles. The molecule has 2 aromatic carbocycles. The number of carbonyl (C=O) groups excluding carboxylic acids is 1. The Kier molecular flexibility index (Phi) is 5.50. The first-order valence-corrected chi connectivity index (χ1v) is 11.2. The number of benzene rings is 2. The largest absolute Gasteiger partial charge is 0.324 e. The van der Waals surface area contributed by atoms with Crippen LogP contribution in [0.25, 0.3) is 15.7 Å². The number of fused-ring (bicyclic) bond motifs is 2. The molecule has 1 N–H and O–H groups in total. The molecular weight excluding hydrogens is 410 g/mol. The summed E-state index contributed by atoms with van der Waals surface area (Å²) in [5.41, 5.74) is 1.61. The molecule has 158 valence electrons. The van der Waals surface area contributed by atoms with Crippen molar-refractivity contribution in [2.24, 2.45) is 0 Å². The van der Waals surface area contributed by atoms with Gasteiger partial charge >= 0.3 is 0 Å². The number of nitrogens with zero attached hydrogens (tertiary/aromatic N) is 4. The maximum absolute atomic E-state index is 12.6. The summed E-state index contributed by atoms with van der Waals surface area (Å²) in [6.45, 7) is 4.32. The minimum atomic E-state index is -0.0370. The van der Waals surface area contributed by atoms with Crippen LogP contribution in [0.2, 0.25) is 0 Å². The Morgan fingerprint density at radius 3 is 2.68 bits per heavy atom. The molecule has 1 fully saturated rings. The smallest absolute Gasteiger partial charge is 0.258 e. The minimum absolute atomic E-state index is 0.00244. The molecule has 0 aliphatic carbocycles. The van der Waals surface area contributed by atoms with E-state index in [4.69, 9.17) is 0 Å². The van der Waals surface area contributed by atoms with Crippen molar-refractivity contribution in [1.29, 1.82) is 0 Å². The number of hydrogen-bond acceptors (Lipinski definition) is 6. The summed E-state index contributed by atoms with van der Waals surface area (Å²) in [5, 5.41) is 7.10. The third-order valence-electron chi connectivity index (χ3n) is 5.64. The summed E-state index contributed by atoms with van der Waals surface area (Å²) in [4.78, 5) is 34.6. The van der Waals surface area contributed by atoms with Gasteiger partial charge < -0.3 is 5.32 Å². The van der Waals surface area contributed by atoms with Gasteiger partial charge in [-0.25, -0.2) is 4.98 Å². The number of hydrogen-bond donors (Lipinski definition) is 1. The third kappa shape index (κ3) is 4.36. The van der Waals surface area contributed by atoms with Gasteiger partial charge in [-0.05, 0) is 11.5 Å². The van der Waals surface area contributed by atoms with Crippen LogP contribution in [0.1, 0.15) is 5.69 Å². The van der Waals surface area contributed by atoms with E-state index < -0.39 is 0 Å². The topological polar surface area (TPSA) is 70.0 Å². The SMILES string of the molecule is O=C(CN1CCN(Cc2cc(=O)n3ccsc3n2)CC1)Nc1cccc2ccccc12. The van der Waals surface area contributed by atoms with Gasteiger partial charge in [-0.1, -0.05) is 36.4 Å². The number of thiazole rings is 1. The van der Waals surface area contributed by atoms with Crippen molar-refractivity contribution in [1.82, 2.24) is 19.2 Å². The van der Waals surface area contributed by atoms with Gasteiger partial charge in [0, 0.05) is 61.4 Å². The molecule has 5 rings (SSSR count). The van der Waals surface area contributed by atoms with Crippen molar-refractivity contribution in [3.8, 4) is 0 Å². The number of nitrogens with one attached hydrogen (secondary N) is 1. The van der Waals surface area contributed by atoms with Gasteiger partial charge in [-0.2, -0.15) is 0 Å². The van der Waals surface area contributed by atoms with Crippen molar-refractivity contribution in [3.63, 3.8) is 0 Å². The fourth-order valence-electron chi connectivity index (χ4n) is 4.03. The average molecular weight is 434 g/mol. The quantitative estimate of drug-likeness (QED) is 0.524. The number of anilines is 1. The zero-order valence-corrected chi connectivity index (χ0v) is 17.8. The number of amides is 1. The molecule has 1 aliphatic rings. The third-order valence-corrected chi connectivity index (χ3v) is 6.39. The van der Waals surface area contributed by atoms with E-state index in [1.54, 1.807) is 16.7 Å². The summed E-state index contributed by atoms with van der Waals surface area (Å²) in [6.07, 6.45) is 1.75. The second-order valence-corrected chi connectivity index (χ2v) is 8.64. The lowest BCUT2D eigenvalue weighted by atomic mass is 10.1. The van der Waals surface area contributed by atoms with Crippen molar-refractivity contribution in [2.45, 2.75) is 6.54 Å². The summed E-state index contributed by atoms with van der Waals surface area (Å²) < 4.78 is 1.57. The van der Waals surface area contributed by atoms with Gasteiger partial charge in [-0.15, -0.1) is 11.3 Å². The van der Waals surface area contributed by atoms with Crippen LogP contribution < -0.4 is 10.9 Å². The van der Waals surface area contributed by atoms with Crippen LogP contribution in [0.3, 0.4) is 0 Å². The van der Waals surface area contributed by atoms with Crippen molar-refractivity contribution in [3.05, 3.63) is 76.2 Å². The number of carbonyl (C=O) groups is 1. The van der Waals surface area contributed by atoms with Crippen molar-refractivity contribution < 1.29 is 4.79 Å². The molecule has 3 heterocycles. The van der Waals surface area contributed by atoms with Gasteiger partial charge in [0.05, 0.1) is 12.2 Å². The molecule has 31 heavy (non-hydrogen) atoms. The summed E-state index contributed by atoms with van der Waals surface area (Å²) >= 11 is 1.47. The van der Waals surface area contributed by atoms with E-state index in [2.05, 4.69) is 20.1 Å². The molecule has 2 aromatic heterocycles. The molecule has 1 amide bonds. The van der Waals surface area contributed by atoms with Crippen LogP contribution in [-0.4, -0.2) is 57.8 Å². The highest BCUT2D eigenvalue weighted by Gasteiger charge is 2.20. The van der Waals surface area contributed by atoms with Gasteiger partial charge in [0.1, 0.15) is 0 Å². The van der Waals surface area contributed by atoms with Crippen molar-refractivity contribution >= 4 is 38.7 Å². The fraction of sp³-hybridized carbons (Fsp3) is 0.261. The van der Waals surface area contributed by atoms with Gasteiger partial charge in [-0.3, -0.25) is 23.8 Å². The number of aromatic nitrogens is 2. The Balaban J connectivity index is 1.16. The van der Waals surface area contributed by atoms with Gasteiger partial charge in [0.25, 0.3) is 5.56 Å². The molecule has 0 bridgehead atoms. The lowest BCUT2D eigenvalue weighted by Crippen LogP contribution is -2.48. The standard InChI is InChI=1S/C23H23N5O2S/c29-21(25-20-7-3-5-17-4-1-2-6-19(17)20)16-27-10-8-26(9-11-27)15-18-14-22(30)28-12-13-31-23(28)24-18/h1-7,12-14H,8-11,15-16H2,(H,25,29). The minimum Gasteiger partial charge on any atom is -0.324 e. The van der Waals surface area contributed by atoms with Crippen LogP contribution >= 0.6 is 11.3 Å². The normalized spacial score (nSPS) is 15.5. The lowest BCUT2D eigenvalue weighted by Gasteiger charge is -2.34. The molecule has 0 saturated carbocycles. The van der Waals surface area contributed by atoms with Crippen LogP contribution in [0, 0.1) is 0 Å². The molecule has 0 atom stereocenters. The van der Waals surface area contributed by atoms with Gasteiger partial charge in [0.15, 0.2) is 4.96 Å². The maximum Gasteiger partial charge on any atom is 0.258 e. The summed E-state index contributed by atoms with van der Waals surface area (Å²) in [5.74, 6) is 0.00244. The molecule has 0 radical (unpaired) electrons. The van der Waals surface area contributed by atoms with Gasteiger partial charge in [0.2, 0.25) is 5.91 Å². The highest BCUT2D eigenvalue weighted by atomic mass is 32.1. The Morgan fingerprint density at radius 1 is 1.03 bits per heavy atom. The predicted molar refractivity (Wildman–Crippen MR) is 124 cm³/mol. The molecule has 7 nitrogen and oxygen atoms in total. The Bertz CT molecular complexity index is 1280. The summed E-state index contributed by atoms with van der Waals surface area (Å²) in [7, 11) is 0. The Labute approximate surface area is 183 Å². The number of rotatable bonds is 5. The number of piperazine rings is 1. The molecule has 4 aromatic rings. The average Bonchev–Trinajstić information content (AvgIpc) is 3.25. The summed E-state index contributed by atoms with van der Waals surface area (Å²) in [6, 6.07) is 15.6. The Hall–Kier alpha value is -3.07. The highest BCUT2D eigenvalue weighted by molar-refractivity contribution is 7.15. The second kappa shape index (κ2) is 8.58. The lowest BCUT2D eigenvalue weighted by molar-refractivity contribution is -0.117. The van der Waals surface area contributed by atoms with Crippen LogP contribution in [0.4, 0.5) is 5.69 Å². The molecule has 8 heteroatoms. The van der Waals surface area contributed by atoms with E-state index in [9.17, 15) is 9.59 Å². The fourth-order valence-corrected chi connectivity index (χ4v) is 4.77. The first kappa shape index (κ1) is 19.9. The van der Waals surface area contributed by atoms with E-state index in [-0.39, 0.29) is 11.5 Å². The van der Waals surface area contributed by atoms with E-state index in [0.29, 0.717) is 13.1 Å². The van der Waals surface area contributed by atoms with Crippen molar-refractivity contribution in [2.75, 3.05) is 38.0 Å². The highest BCUT2D eigenvalue weighted by Crippen LogP contribution is 2.23. The van der Waals surface area contributed by atoms with E-state index >= 15 is 0 Å². The van der Waals surface area contributed by atoms with E-state index in [1.165, 1.54) is 11.3 Å². The molecule has 0 spiro atoms. The zero-order valence-electron chi connectivity index (χ0n) is 17.0. The first-order chi connectivity index (χ1) is 15.2. The monoisotopic (exact) mass is 433 g/mol. The molecule has 1 saturated heterocycles. The zero-order chi connectivity index (χ0) is 21.2. The predicted octanol–water partition coefficient (Wildman–Crippen LogP) is 2.67. The molecular formula is C23H23N5O2S. The molecule has 0 unspecified atom stereocenters. The van der Waals surface area contributed by atoms with Crippen LogP contribution in [0.5, 0.6) is 0 Å². The first-order valence-electron chi connectivity index (χ1n) is 10.3. The Morgan fingerprint density at radius 2 is 1.81 bits per heavy atom. The van der Waals surface area contributed by atoms with E-state index in [0.717, 1.165) is 53.3 Å². The van der Waals surface area contributed by atoms with Crippen LogP contribution in [-0.2, 0) is 11.3 Å². The van der Waals surface area contributed by atoms with E-state index in [1.807, 2.05) is 47.8 Å².